The normalized spacial score (nSPS) is 20.3. The second kappa shape index (κ2) is 8.41. The highest BCUT2D eigenvalue weighted by molar-refractivity contribution is 7.99. The number of fused-ring (bicyclic) bond motifs is 2. The van der Waals surface area contributed by atoms with Crippen molar-refractivity contribution in [3.05, 3.63) is 58.4 Å². The fourth-order valence-corrected chi connectivity index (χ4v) is 5.34. The standard InChI is InChI=1S/C21H23ClFN3OS/c22-15-1-4-19-14(11-15)12-18(17-3-2-16(23)13-20(17)28-19)26-9-7-25(8-10-26)6-5-21(24)27/h1-4,11,13,18H,5-10,12H2,(H2,24,27)/t18-/m0/s1. The van der Waals surface area contributed by atoms with E-state index in [4.69, 9.17) is 17.3 Å². The largest absolute Gasteiger partial charge is 0.370 e. The van der Waals surface area contributed by atoms with Crippen LogP contribution in [0.5, 0.6) is 0 Å². The minimum atomic E-state index is -0.257. The highest BCUT2D eigenvalue weighted by atomic mass is 35.5. The van der Waals surface area contributed by atoms with Gasteiger partial charge in [0.05, 0.1) is 0 Å². The van der Waals surface area contributed by atoms with Crippen molar-refractivity contribution in [3.8, 4) is 0 Å². The van der Waals surface area contributed by atoms with Crippen molar-refractivity contribution in [1.29, 1.82) is 0 Å². The van der Waals surface area contributed by atoms with Crippen LogP contribution in [0.25, 0.3) is 0 Å². The van der Waals surface area contributed by atoms with Crippen molar-refractivity contribution < 1.29 is 9.18 Å². The zero-order valence-electron chi connectivity index (χ0n) is 15.5. The molecule has 0 bridgehead atoms. The molecule has 0 aliphatic carbocycles. The summed E-state index contributed by atoms with van der Waals surface area (Å²) in [6, 6.07) is 11.3. The van der Waals surface area contributed by atoms with E-state index >= 15 is 0 Å². The number of amides is 1. The quantitative estimate of drug-likeness (QED) is 0.820. The lowest BCUT2D eigenvalue weighted by atomic mass is 9.96. The number of rotatable bonds is 4. The van der Waals surface area contributed by atoms with Crippen LogP contribution in [0.4, 0.5) is 4.39 Å². The van der Waals surface area contributed by atoms with Crippen molar-refractivity contribution in [2.45, 2.75) is 28.7 Å². The fourth-order valence-electron chi connectivity index (χ4n) is 4.01. The Bertz CT molecular complexity index is 886. The Morgan fingerprint density at radius 3 is 2.68 bits per heavy atom. The molecule has 0 spiro atoms. The summed E-state index contributed by atoms with van der Waals surface area (Å²) < 4.78 is 13.9. The summed E-state index contributed by atoms with van der Waals surface area (Å²) in [5, 5.41) is 0.728. The van der Waals surface area contributed by atoms with E-state index in [0.717, 1.165) is 47.4 Å². The lowest BCUT2D eigenvalue weighted by Crippen LogP contribution is -2.48. The summed E-state index contributed by atoms with van der Waals surface area (Å²) in [4.78, 5) is 17.9. The molecule has 0 saturated carbocycles. The first-order chi connectivity index (χ1) is 13.5. The van der Waals surface area contributed by atoms with Crippen LogP contribution >= 0.6 is 23.4 Å². The third-order valence-corrected chi connectivity index (χ3v) is 6.94. The predicted molar refractivity (Wildman–Crippen MR) is 110 cm³/mol. The molecular formula is C21H23ClFN3OS. The van der Waals surface area contributed by atoms with Crippen LogP contribution in [0.3, 0.4) is 0 Å². The summed E-state index contributed by atoms with van der Waals surface area (Å²) in [6.07, 6.45) is 1.25. The van der Waals surface area contributed by atoms with Crippen molar-refractivity contribution in [3.63, 3.8) is 0 Å². The Morgan fingerprint density at radius 2 is 1.93 bits per heavy atom. The fraction of sp³-hybridized carbons (Fsp3) is 0.381. The number of piperazine rings is 1. The second-order valence-electron chi connectivity index (χ2n) is 7.35. The zero-order chi connectivity index (χ0) is 19.7. The lowest BCUT2D eigenvalue weighted by molar-refractivity contribution is -0.118. The summed E-state index contributed by atoms with van der Waals surface area (Å²) in [5.41, 5.74) is 7.65. The summed E-state index contributed by atoms with van der Waals surface area (Å²) in [6.45, 7) is 4.32. The number of carbonyl (C=O) groups is 1. The number of hydrogen-bond donors (Lipinski definition) is 1. The van der Waals surface area contributed by atoms with Gasteiger partial charge in [-0.05, 0) is 47.9 Å². The van der Waals surface area contributed by atoms with Crippen molar-refractivity contribution >= 4 is 29.3 Å². The van der Waals surface area contributed by atoms with E-state index in [2.05, 4.69) is 9.80 Å². The molecule has 4 nitrogen and oxygen atoms in total. The van der Waals surface area contributed by atoms with Crippen LogP contribution in [0.2, 0.25) is 5.02 Å². The lowest BCUT2D eigenvalue weighted by Gasteiger charge is -2.39. The molecule has 2 aliphatic rings. The van der Waals surface area contributed by atoms with Gasteiger partial charge in [-0.15, -0.1) is 0 Å². The molecule has 28 heavy (non-hydrogen) atoms. The minimum absolute atomic E-state index is 0.182. The van der Waals surface area contributed by atoms with Gasteiger partial charge in [-0.1, -0.05) is 29.4 Å². The van der Waals surface area contributed by atoms with E-state index < -0.39 is 0 Å². The van der Waals surface area contributed by atoms with Gasteiger partial charge in [0.15, 0.2) is 0 Å². The molecule has 2 heterocycles. The Hall–Kier alpha value is -1.60. The van der Waals surface area contributed by atoms with Gasteiger partial charge in [0.2, 0.25) is 5.91 Å². The van der Waals surface area contributed by atoms with Crippen LogP contribution in [0.1, 0.15) is 23.6 Å². The maximum Gasteiger partial charge on any atom is 0.218 e. The first-order valence-electron chi connectivity index (χ1n) is 9.50. The van der Waals surface area contributed by atoms with E-state index in [1.54, 1.807) is 23.9 Å². The van der Waals surface area contributed by atoms with E-state index in [9.17, 15) is 9.18 Å². The van der Waals surface area contributed by atoms with Crippen LogP contribution in [-0.4, -0.2) is 48.4 Å². The van der Waals surface area contributed by atoms with Crippen LogP contribution in [0, 0.1) is 5.82 Å². The number of hydrogen-bond acceptors (Lipinski definition) is 4. The number of primary amides is 1. The van der Waals surface area contributed by atoms with E-state index in [1.807, 2.05) is 24.3 Å². The molecular weight excluding hydrogens is 397 g/mol. The minimum Gasteiger partial charge on any atom is -0.370 e. The first kappa shape index (κ1) is 19.7. The average Bonchev–Trinajstić information content (AvgIpc) is 2.82. The van der Waals surface area contributed by atoms with Gasteiger partial charge in [-0.3, -0.25) is 9.69 Å². The van der Waals surface area contributed by atoms with Crippen molar-refractivity contribution in [1.82, 2.24) is 9.80 Å². The predicted octanol–water partition coefficient (Wildman–Crippen LogP) is 3.72. The zero-order valence-corrected chi connectivity index (χ0v) is 17.1. The third-order valence-electron chi connectivity index (χ3n) is 5.51. The van der Waals surface area contributed by atoms with Crippen LogP contribution < -0.4 is 5.73 Å². The molecule has 1 fully saturated rings. The van der Waals surface area contributed by atoms with Gasteiger partial charge in [-0.2, -0.15) is 0 Å². The summed E-state index contributed by atoms with van der Waals surface area (Å²) in [7, 11) is 0. The maximum absolute atomic E-state index is 13.9. The van der Waals surface area contributed by atoms with Gasteiger partial charge in [0.25, 0.3) is 0 Å². The molecule has 0 aromatic heterocycles. The molecule has 4 rings (SSSR count). The first-order valence-corrected chi connectivity index (χ1v) is 10.7. The van der Waals surface area contributed by atoms with Crippen molar-refractivity contribution in [2.24, 2.45) is 5.73 Å². The Labute approximate surface area is 173 Å². The van der Waals surface area contributed by atoms with Gasteiger partial charge >= 0.3 is 0 Å². The Kier molecular flexibility index (Phi) is 5.92. The molecule has 0 unspecified atom stereocenters. The summed E-state index contributed by atoms with van der Waals surface area (Å²) >= 11 is 7.87. The topological polar surface area (TPSA) is 49.6 Å². The summed E-state index contributed by atoms with van der Waals surface area (Å²) in [5.74, 6) is -0.466. The molecule has 1 amide bonds. The molecule has 148 valence electrons. The molecule has 1 atom stereocenters. The smallest absolute Gasteiger partial charge is 0.218 e. The van der Waals surface area contributed by atoms with E-state index in [1.165, 1.54) is 11.1 Å². The molecule has 0 radical (unpaired) electrons. The van der Waals surface area contributed by atoms with E-state index in [-0.39, 0.29) is 17.8 Å². The molecule has 1 saturated heterocycles. The number of nitrogens with zero attached hydrogens (tertiary/aromatic N) is 2. The van der Waals surface area contributed by atoms with Crippen LogP contribution in [-0.2, 0) is 11.2 Å². The van der Waals surface area contributed by atoms with Gasteiger partial charge in [0.1, 0.15) is 5.82 Å². The number of halogens is 2. The highest BCUT2D eigenvalue weighted by Crippen LogP contribution is 2.43. The second-order valence-corrected chi connectivity index (χ2v) is 8.87. The molecule has 7 heteroatoms. The van der Waals surface area contributed by atoms with Gasteiger partial charge in [-0.25, -0.2) is 4.39 Å². The number of nitrogens with two attached hydrogens (primary N) is 1. The Morgan fingerprint density at radius 1 is 1.14 bits per heavy atom. The molecule has 2 aromatic carbocycles. The Balaban J connectivity index is 1.58. The highest BCUT2D eigenvalue weighted by Gasteiger charge is 2.30. The van der Waals surface area contributed by atoms with Gasteiger partial charge in [0, 0.05) is 60.0 Å². The SMILES string of the molecule is NC(=O)CCN1CCN([C@H]2Cc3cc(Cl)ccc3Sc3cc(F)ccc32)CC1. The van der Waals surface area contributed by atoms with Crippen molar-refractivity contribution in [2.75, 3.05) is 32.7 Å². The maximum atomic E-state index is 13.9. The number of carbonyl (C=O) groups excluding carboxylic acids is 1. The molecule has 2 aliphatic heterocycles. The number of benzene rings is 2. The molecule has 2 N–H and O–H groups in total. The molecule has 2 aromatic rings. The third kappa shape index (κ3) is 4.35. The monoisotopic (exact) mass is 419 g/mol. The van der Waals surface area contributed by atoms with Gasteiger partial charge < -0.3 is 10.6 Å². The van der Waals surface area contributed by atoms with Crippen LogP contribution in [0.15, 0.2) is 46.2 Å². The van der Waals surface area contributed by atoms with E-state index in [0.29, 0.717) is 13.0 Å². The average molecular weight is 420 g/mol.